The third-order valence-corrected chi connectivity index (χ3v) is 3.75. The molecule has 1 aromatic carbocycles. The quantitative estimate of drug-likeness (QED) is 0.817. The first-order valence-corrected chi connectivity index (χ1v) is 8.10. The minimum atomic E-state index is -0.469. The third kappa shape index (κ3) is 5.50. The van der Waals surface area contributed by atoms with E-state index in [2.05, 4.69) is 21.2 Å². The van der Waals surface area contributed by atoms with Crippen molar-refractivity contribution >= 4 is 27.7 Å². The number of carbonyl (C=O) groups excluding carboxylic acids is 2. The lowest BCUT2D eigenvalue weighted by molar-refractivity contribution is -0.140. The van der Waals surface area contributed by atoms with Crippen LogP contribution < -0.4 is 5.32 Å². The van der Waals surface area contributed by atoms with E-state index in [0.29, 0.717) is 19.5 Å². The molecule has 1 unspecified atom stereocenters. The van der Waals surface area contributed by atoms with Gasteiger partial charge in [0.05, 0.1) is 0 Å². The van der Waals surface area contributed by atoms with Crippen LogP contribution in [0.25, 0.3) is 0 Å². The summed E-state index contributed by atoms with van der Waals surface area (Å²) >= 11 is 3.42. The van der Waals surface area contributed by atoms with Crippen molar-refractivity contribution in [1.29, 1.82) is 0 Å². The van der Waals surface area contributed by atoms with Crippen LogP contribution in [0.15, 0.2) is 28.7 Å². The van der Waals surface area contributed by atoms with Crippen LogP contribution in [0.1, 0.15) is 39.2 Å². The van der Waals surface area contributed by atoms with Gasteiger partial charge in [-0.1, -0.05) is 41.9 Å². The minimum absolute atomic E-state index is 0.0193. The summed E-state index contributed by atoms with van der Waals surface area (Å²) in [6, 6.07) is 7.31. The monoisotopic (exact) mass is 354 g/mol. The summed E-state index contributed by atoms with van der Waals surface area (Å²) < 4.78 is 0.965. The molecule has 0 radical (unpaired) electrons. The third-order valence-electron chi connectivity index (χ3n) is 3.26. The van der Waals surface area contributed by atoms with E-state index in [1.165, 1.54) is 0 Å². The van der Waals surface area contributed by atoms with Crippen LogP contribution in [0.2, 0.25) is 0 Å². The van der Waals surface area contributed by atoms with Crippen molar-refractivity contribution in [2.45, 2.75) is 46.2 Å². The minimum Gasteiger partial charge on any atom is -0.354 e. The molecule has 0 saturated carbocycles. The molecule has 0 aliphatic heterocycles. The molecule has 1 rings (SSSR count). The molecule has 5 heteroatoms. The van der Waals surface area contributed by atoms with E-state index in [-0.39, 0.29) is 11.8 Å². The first-order valence-electron chi connectivity index (χ1n) is 7.31. The summed E-state index contributed by atoms with van der Waals surface area (Å²) in [5, 5.41) is 2.85. The second-order valence-electron chi connectivity index (χ2n) is 4.97. The maximum Gasteiger partial charge on any atom is 0.242 e. The number of hydrogen-bond acceptors (Lipinski definition) is 2. The van der Waals surface area contributed by atoms with Gasteiger partial charge in [-0.3, -0.25) is 9.59 Å². The fourth-order valence-electron chi connectivity index (χ4n) is 2.01. The zero-order valence-electron chi connectivity index (χ0n) is 12.9. The summed E-state index contributed by atoms with van der Waals surface area (Å²) in [6.45, 7) is 6.66. The number of benzene rings is 1. The maximum atomic E-state index is 12.2. The van der Waals surface area contributed by atoms with Gasteiger partial charge in [0.25, 0.3) is 0 Å². The molecule has 116 valence electrons. The molecular weight excluding hydrogens is 332 g/mol. The van der Waals surface area contributed by atoms with Crippen molar-refractivity contribution in [3.8, 4) is 0 Å². The number of carbonyl (C=O) groups is 2. The number of nitrogens with zero attached hydrogens (tertiary/aromatic N) is 1. The van der Waals surface area contributed by atoms with Gasteiger partial charge in [0.2, 0.25) is 11.8 Å². The van der Waals surface area contributed by atoms with E-state index < -0.39 is 6.04 Å². The maximum absolute atomic E-state index is 12.2. The average molecular weight is 355 g/mol. The van der Waals surface area contributed by atoms with Gasteiger partial charge in [0, 0.05) is 24.0 Å². The van der Waals surface area contributed by atoms with Gasteiger partial charge in [-0.2, -0.15) is 0 Å². The molecule has 0 aromatic heterocycles. The molecule has 1 aromatic rings. The summed E-state index contributed by atoms with van der Waals surface area (Å²) in [5.74, 6) is -0.122. The highest BCUT2D eigenvalue weighted by Crippen LogP contribution is 2.15. The largest absolute Gasteiger partial charge is 0.354 e. The Labute approximate surface area is 135 Å². The predicted octanol–water partition coefficient (Wildman–Crippen LogP) is 3.10. The number of nitrogens with one attached hydrogen (secondary N) is 1. The van der Waals surface area contributed by atoms with E-state index in [0.717, 1.165) is 16.5 Å². The molecule has 4 nitrogen and oxygen atoms in total. The van der Waals surface area contributed by atoms with Gasteiger partial charge in [-0.05, 0) is 31.0 Å². The Bertz CT molecular complexity index is 491. The molecule has 0 saturated heterocycles. The predicted molar refractivity (Wildman–Crippen MR) is 87.7 cm³/mol. The van der Waals surface area contributed by atoms with E-state index in [1.807, 2.05) is 38.1 Å². The molecule has 0 aliphatic rings. The summed E-state index contributed by atoms with van der Waals surface area (Å²) in [4.78, 5) is 25.9. The van der Waals surface area contributed by atoms with Crippen LogP contribution >= 0.6 is 15.9 Å². The molecule has 21 heavy (non-hydrogen) atoms. The van der Waals surface area contributed by atoms with E-state index in [1.54, 1.807) is 11.8 Å². The van der Waals surface area contributed by atoms with E-state index in [9.17, 15) is 9.59 Å². The van der Waals surface area contributed by atoms with Gasteiger partial charge in [-0.15, -0.1) is 0 Å². The van der Waals surface area contributed by atoms with Crippen LogP contribution in [0, 0.1) is 0 Å². The van der Waals surface area contributed by atoms with Gasteiger partial charge < -0.3 is 10.2 Å². The lowest BCUT2D eigenvalue weighted by Gasteiger charge is -2.28. The van der Waals surface area contributed by atoms with Gasteiger partial charge in [0.1, 0.15) is 6.04 Å². The zero-order valence-corrected chi connectivity index (χ0v) is 14.4. The van der Waals surface area contributed by atoms with Gasteiger partial charge >= 0.3 is 0 Å². The highest BCUT2D eigenvalue weighted by Gasteiger charge is 2.24. The van der Waals surface area contributed by atoms with E-state index in [4.69, 9.17) is 0 Å². The second kappa shape index (κ2) is 8.82. The Balaban J connectivity index is 2.85. The van der Waals surface area contributed by atoms with Gasteiger partial charge in [-0.25, -0.2) is 0 Å². The molecule has 2 amide bonds. The van der Waals surface area contributed by atoms with Crippen molar-refractivity contribution in [3.63, 3.8) is 0 Å². The fraction of sp³-hybridized carbons (Fsp3) is 0.500. The highest BCUT2D eigenvalue weighted by atomic mass is 79.9. The Morgan fingerprint density at radius 2 is 2.05 bits per heavy atom. The van der Waals surface area contributed by atoms with Crippen LogP contribution in [0.3, 0.4) is 0 Å². The van der Waals surface area contributed by atoms with Crippen molar-refractivity contribution in [2.75, 3.05) is 6.54 Å². The van der Waals surface area contributed by atoms with Gasteiger partial charge in [0.15, 0.2) is 0 Å². The summed E-state index contributed by atoms with van der Waals surface area (Å²) in [6.07, 6.45) is 1.27. The van der Waals surface area contributed by atoms with E-state index >= 15 is 0 Å². The normalized spacial score (nSPS) is 11.8. The topological polar surface area (TPSA) is 49.4 Å². The molecule has 0 fully saturated rings. The molecule has 0 spiro atoms. The first-order chi connectivity index (χ1) is 9.99. The SMILES string of the molecule is CCCNC(=O)C(C)N(Cc1cccc(Br)c1)C(=O)CC. The van der Waals surface area contributed by atoms with Crippen LogP contribution in [-0.4, -0.2) is 29.3 Å². The highest BCUT2D eigenvalue weighted by molar-refractivity contribution is 9.10. The fourth-order valence-corrected chi connectivity index (χ4v) is 2.46. The van der Waals surface area contributed by atoms with Crippen LogP contribution in [0.4, 0.5) is 0 Å². The summed E-state index contributed by atoms with van der Waals surface area (Å²) in [5.41, 5.74) is 1.00. The number of rotatable bonds is 7. The molecule has 0 bridgehead atoms. The smallest absolute Gasteiger partial charge is 0.242 e. The molecule has 1 atom stereocenters. The standard InChI is InChI=1S/C16H23BrN2O2/c1-4-9-18-16(21)12(3)19(15(20)5-2)11-13-7-6-8-14(17)10-13/h6-8,10,12H,4-5,9,11H2,1-3H3,(H,18,21). The Kier molecular flexibility index (Phi) is 7.43. The lowest BCUT2D eigenvalue weighted by atomic mass is 10.1. The van der Waals surface area contributed by atoms with Crippen LogP contribution in [0.5, 0.6) is 0 Å². The molecule has 0 heterocycles. The molecular formula is C16H23BrN2O2. The van der Waals surface area contributed by atoms with Crippen molar-refractivity contribution in [3.05, 3.63) is 34.3 Å². The Hall–Kier alpha value is -1.36. The zero-order chi connectivity index (χ0) is 15.8. The van der Waals surface area contributed by atoms with Crippen molar-refractivity contribution < 1.29 is 9.59 Å². The number of halogens is 1. The lowest BCUT2D eigenvalue weighted by Crippen LogP contribution is -2.47. The Morgan fingerprint density at radius 3 is 2.62 bits per heavy atom. The molecule has 1 N–H and O–H groups in total. The first kappa shape index (κ1) is 17.7. The summed E-state index contributed by atoms with van der Waals surface area (Å²) in [7, 11) is 0. The molecule has 0 aliphatic carbocycles. The Morgan fingerprint density at radius 1 is 1.33 bits per heavy atom. The van der Waals surface area contributed by atoms with Crippen LogP contribution in [-0.2, 0) is 16.1 Å². The van der Waals surface area contributed by atoms with Crippen molar-refractivity contribution in [1.82, 2.24) is 10.2 Å². The number of hydrogen-bond donors (Lipinski definition) is 1. The second-order valence-corrected chi connectivity index (χ2v) is 5.89. The number of amides is 2. The average Bonchev–Trinajstić information content (AvgIpc) is 2.48. The van der Waals surface area contributed by atoms with Crippen molar-refractivity contribution in [2.24, 2.45) is 0 Å².